The van der Waals surface area contributed by atoms with Gasteiger partial charge in [-0.05, 0) is 19.1 Å². The molecule has 0 fully saturated rings. The van der Waals surface area contributed by atoms with E-state index in [1.54, 1.807) is 32.2 Å². The number of aromatic carboxylic acids is 1. The van der Waals surface area contributed by atoms with E-state index in [0.717, 1.165) is 0 Å². The third kappa shape index (κ3) is 2.24. The Morgan fingerprint density at radius 2 is 2.05 bits per heavy atom. The van der Waals surface area contributed by atoms with Gasteiger partial charge < -0.3 is 14.6 Å². The van der Waals surface area contributed by atoms with Gasteiger partial charge in [0.25, 0.3) is 0 Å². The summed E-state index contributed by atoms with van der Waals surface area (Å²) in [6.45, 7) is 1.69. The van der Waals surface area contributed by atoms with E-state index in [9.17, 15) is 4.79 Å². The zero-order valence-corrected chi connectivity index (χ0v) is 10.9. The van der Waals surface area contributed by atoms with Gasteiger partial charge in [0.15, 0.2) is 0 Å². The largest absolute Gasteiger partial charge is 0.497 e. The standard InChI is InChI=1S/C13H14N2O4/c1-8-10(13(16)17)7-14-15(8)11-5-4-9(18-2)6-12(11)19-3/h4-7H,1-3H3,(H,16,17). The summed E-state index contributed by atoms with van der Waals surface area (Å²) in [6, 6.07) is 5.25. The Balaban J connectivity index is 2.55. The van der Waals surface area contributed by atoms with Crippen LogP contribution >= 0.6 is 0 Å². The predicted octanol–water partition coefficient (Wildman–Crippen LogP) is 1.90. The number of ether oxygens (including phenoxy) is 2. The fourth-order valence-corrected chi connectivity index (χ4v) is 1.82. The average molecular weight is 262 g/mol. The van der Waals surface area contributed by atoms with Crippen LogP contribution in [-0.2, 0) is 0 Å². The molecule has 1 aromatic carbocycles. The van der Waals surface area contributed by atoms with Crippen LogP contribution in [0.1, 0.15) is 16.1 Å². The third-order valence-electron chi connectivity index (χ3n) is 2.86. The van der Waals surface area contributed by atoms with Crippen molar-refractivity contribution in [2.24, 2.45) is 0 Å². The molecular formula is C13H14N2O4. The van der Waals surface area contributed by atoms with E-state index in [1.165, 1.54) is 18.0 Å². The summed E-state index contributed by atoms with van der Waals surface area (Å²) in [5, 5.41) is 13.1. The lowest BCUT2D eigenvalue weighted by molar-refractivity contribution is 0.0696. The fraction of sp³-hybridized carbons (Fsp3) is 0.231. The van der Waals surface area contributed by atoms with Crippen LogP contribution in [0.3, 0.4) is 0 Å². The van der Waals surface area contributed by atoms with E-state index in [0.29, 0.717) is 22.9 Å². The Bertz CT molecular complexity index is 619. The summed E-state index contributed by atoms with van der Waals surface area (Å²) in [4.78, 5) is 11.0. The van der Waals surface area contributed by atoms with Crippen LogP contribution in [0, 0.1) is 6.92 Å². The summed E-state index contributed by atoms with van der Waals surface area (Å²) in [5.41, 5.74) is 1.36. The number of methoxy groups -OCH3 is 2. The van der Waals surface area contributed by atoms with Gasteiger partial charge in [-0.3, -0.25) is 0 Å². The van der Waals surface area contributed by atoms with Gasteiger partial charge in [0.05, 0.1) is 26.1 Å². The Labute approximate surface area is 110 Å². The van der Waals surface area contributed by atoms with Crippen molar-refractivity contribution in [1.29, 1.82) is 0 Å². The summed E-state index contributed by atoms with van der Waals surface area (Å²) in [5.74, 6) is 0.211. The number of hydrogen-bond acceptors (Lipinski definition) is 4. The molecule has 0 saturated carbocycles. The molecule has 0 aliphatic carbocycles. The fourth-order valence-electron chi connectivity index (χ4n) is 1.82. The maximum atomic E-state index is 11.0. The van der Waals surface area contributed by atoms with E-state index >= 15 is 0 Å². The van der Waals surface area contributed by atoms with Crippen molar-refractivity contribution < 1.29 is 19.4 Å². The Hall–Kier alpha value is -2.50. The molecule has 19 heavy (non-hydrogen) atoms. The van der Waals surface area contributed by atoms with Crippen molar-refractivity contribution in [3.05, 3.63) is 35.7 Å². The average Bonchev–Trinajstić information content (AvgIpc) is 2.79. The first-order chi connectivity index (χ1) is 9.08. The monoisotopic (exact) mass is 262 g/mol. The quantitative estimate of drug-likeness (QED) is 0.910. The van der Waals surface area contributed by atoms with Crippen molar-refractivity contribution in [3.63, 3.8) is 0 Å². The minimum absolute atomic E-state index is 0.165. The van der Waals surface area contributed by atoms with Crippen molar-refractivity contribution in [3.8, 4) is 17.2 Å². The summed E-state index contributed by atoms with van der Waals surface area (Å²) in [7, 11) is 3.10. The number of carbonyl (C=O) groups is 1. The van der Waals surface area contributed by atoms with Crippen molar-refractivity contribution >= 4 is 5.97 Å². The molecule has 0 unspecified atom stereocenters. The molecule has 0 saturated heterocycles. The van der Waals surface area contributed by atoms with Gasteiger partial charge in [-0.2, -0.15) is 5.10 Å². The van der Waals surface area contributed by atoms with Gasteiger partial charge in [0, 0.05) is 6.07 Å². The van der Waals surface area contributed by atoms with Gasteiger partial charge in [-0.25, -0.2) is 9.48 Å². The second-order valence-electron chi connectivity index (χ2n) is 3.90. The molecule has 0 spiro atoms. The topological polar surface area (TPSA) is 73.6 Å². The van der Waals surface area contributed by atoms with Gasteiger partial charge in [-0.1, -0.05) is 0 Å². The maximum absolute atomic E-state index is 11.0. The lowest BCUT2D eigenvalue weighted by Crippen LogP contribution is -2.04. The molecule has 0 amide bonds. The number of rotatable bonds is 4. The molecule has 0 atom stereocenters. The maximum Gasteiger partial charge on any atom is 0.339 e. The van der Waals surface area contributed by atoms with Crippen molar-refractivity contribution in [1.82, 2.24) is 9.78 Å². The highest BCUT2D eigenvalue weighted by molar-refractivity contribution is 5.88. The van der Waals surface area contributed by atoms with Crippen LogP contribution in [0.25, 0.3) is 5.69 Å². The second-order valence-corrected chi connectivity index (χ2v) is 3.90. The third-order valence-corrected chi connectivity index (χ3v) is 2.86. The zero-order valence-electron chi connectivity index (χ0n) is 10.9. The van der Waals surface area contributed by atoms with Gasteiger partial charge >= 0.3 is 5.97 Å². The molecule has 0 radical (unpaired) electrons. The second kappa shape index (κ2) is 5.01. The minimum Gasteiger partial charge on any atom is -0.497 e. The first-order valence-electron chi connectivity index (χ1n) is 5.58. The number of aromatic nitrogens is 2. The molecule has 1 N–H and O–H groups in total. The molecular weight excluding hydrogens is 248 g/mol. The normalized spacial score (nSPS) is 10.3. The van der Waals surface area contributed by atoms with Crippen LogP contribution < -0.4 is 9.47 Å². The molecule has 1 heterocycles. The first-order valence-corrected chi connectivity index (χ1v) is 5.58. The van der Waals surface area contributed by atoms with Crippen LogP contribution in [-0.4, -0.2) is 35.1 Å². The molecule has 0 aliphatic heterocycles. The van der Waals surface area contributed by atoms with Crippen LogP contribution in [0.15, 0.2) is 24.4 Å². The summed E-state index contributed by atoms with van der Waals surface area (Å²) in [6.07, 6.45) is 1.32. The van der Waals surface area contributed by atoms with Crippen molar-refractivity contribution in [2.45, 2.75) is 6.92 Å². The number of carboxylic acid groups (broad SMARTS) is 1. The highest BCUT2D eigenvalue weighted by atomic mass is 16.5. The van der Waals surface area contributed by atoms with E-state index < -0.39 is 5.97 Å². The molecule has 1 aromatic heterocycles. The Kier molecular flexibility index (Phi) is 3.41. The SMILES string of the molecule is COc1ccc(-n2ncc(C(=O)O)c2C)c(OC)c1. The van der Waals surface area contributed by atoms with Gasteiger partial charge in [-0.15, -0.1) is 0 Å². The van der Waals surface area contributed by atoms with Gasteiger partial charge in [0.1, 0.15) is 22.7 Å². The number of hydrogen-bond donors (Lipinski definition) is 1. The lowest BCUT2D eigenvalue weighted by atomic mass is 10.2. The first kappa shape index (κ1) is 12.9. The van der Waals surface area contributed by atoms with E-state index in [-0.39, 0.29) is 5.56 Å². The highest BCUT2D eigenvalue weighted by Crippen LogP contribution is 2.28. The molecule has 100 valence electrons. The number of nitrogens with zero attached hydrogens (tertiary/aromatic N) is 2. The molecule has 0 bridgehead atoms. The Morgan fingerprint density at radius 3 is 2.58 bits per heavy atom. The molecule has 6 nitrogen and oxygen atoms in total. The molecule has 6 heteroatoms. The van der Waals surface area contributed by atoms with Crippen molar-refractivity contribution in [2.75, 3.05) is 14.2 Å². The Morgan fingerprint density at radius 1 is 1.32 bits per heavy atom. The van der Waals surface area contributed by atoms with Crippen LogP contribution in [0.4, 0.5) is 0 Å². The molecule has 2 aromatic rings. The molecule has 0 aliphatic rings. The van der Waals surface area contributed by atoms with Crippen LogP contribution in [0.5, 0.6) is 11.5 Å². The van der Waals surface area contributed by atoms with Crippen LogP contribution in [0.2, 0.25) is 0 Å². The predicted molar refractivity (Wildman–Crippen MR) is 68.4 cm³/mol. The lowest BCUT2D eigenvalue weighted by Gasteiger charge is -2.11. The number of carboxylic acids is 1. The smallest absolute Gasteiger partial charge is 0.339 e. The highest BCUT2D eigenvalue weighted by Gasteiger charge is 2.16. The van der Waals surface area contributed by atoms with E-state index in [4.69, 9.17) is 14.6 Å². The summed E-state index contributed by atoms with van der Waals surface area (Å²) >= 11 is 0. The molecule has 2 rings (SSSR count). The van der Waals surface area contributed by atoms with E-state index in [2.05, 4.69) is 5.10 Å². The minimum atomic E-state index is -1.00. The van der Waals surface area contributed by atoms with Gasteiger partial charge in [0.2, 0.25) is 0 Å². The zero-order chi connectivity index (χ0) is 14.0. The summed E-state index contributed by atoms with van der Waals surface area (Å²) < 4.78 is 11.9. The van der Waals surface area contributed by atoms with E-state index in [1.807, 2.05) is 0 Å². The number of benzene rings is 1.